The summed E-state index contributed by atoms with van der Waals surface area (Å²) < 4.78 is 10.8. The van der Waals surface area contributed by atoms with Crippen molar-refractivity contribution in [2.45, 2.75) is 32.1 Å². The maximum atomic E-state index is 10.9. The molecule has 0 saturated heterocycles. The first-order valence-corrected chi connectivity index (χ1v) is 7.75. The average molecular weight is 264 g/mol. The molecule has 0 amide bonds. The highest BCUT2D eigenvalue weighted by atomic mass is 28.2. The zero-order valence-corrected chi connectivity index (χ0v) is 12.2. The topological polar surface area (TPSA) is 35.5 Å². The van der Waals surface area contributed by atoms with Gasteiger partial charge in [-0.2, -0.15) is 0 Å². The molecule has 0 radical (unpaired) electrons. The summed E-state index contributed by atoms with van der Waals surface area (Å²) >= 11 is 0. The quantitative estimate of drug-likeness (QED) is 0.312. The summed E-state index contributed by atoms with van der Waals surface area (Å²) in [6, 6.07) is 11.1. The molecule has 0 spiro atoms. The maximum absolute atomic E-state index is 10.9. The van der Waals surface area contributed by atoms with E-state index in [9.17, 15) is 4.79 Å². The number of benzene rings is 1. The largest absolute Gasteiger partial charge is 0.460 e. The van der Waals surface area contributed by atoms with E-state index in [2.05, 4.69) is 18.7 Å². The zero-order chi connectivity index (χ0) is 13.2. The molecule has 1 rings (SSSR count). The fourth-order valence-corrected chi connectivity index (χ4v) is 2.87. The molecule has 0 bridgehead atoms. The van der Waals surface area contributed by atoms with Crippen molar-refractivity contribution in [3.8, 4) is 0 Å². The molecule has 0 fully saturated rings. The van der Waals surface area contributed by atoms with E-state index < -0.39 is 9.76 Å². The Labute approximate surface area is 111 Å². The van der Waals surface area contributed by atoms with Crippen LogP contribution in [0.1, 0.15) is 18.9 Å². The van der Waals surface area contributed by atoms with Crippen LogP contribution in [0, 0.1) is 0 Å². The van der Waals surface area contributed by atoms with Crippen molar-refractivity contribution in [3.63, 3.8) is 0 Å². The highest BCUT2D eigenvalue weighted by molar-refractivity contribution is 6.26. The number of rotatable bonds is 8. The highest BCUT2D eigenvalue weighted by Crippen LogP contribution is 2.04. The van der Waals surface area contributed by atoms with Gasteiger partial charge >= 0.3 is 5.97 Å². The molecule has 0 aliphatic rings. The van der Waals surface area contributed by atoms with Crippen LogP contribution in [-0.2, 0) is 20.6 Å². The first-order valence-electron chi connectivity index (χ1n) is 6.17. The van der Waals surface area contributed by atoms with E-state index in [0.29, 0.717) is 6.61 Å². The Morgan fingerprint density at radius 1 is 1.44 bits per heavy atom. The second-order valence-corrected chi connectivity index (χ2v) is 5.66. The SMILES string of the molecule is C=CC(=O)OC(C)CC[SiH2]OCc1ccccc1. The van der Waals surface area contributed by atoms with Crippen LogP contribution in [-0.4, -0.2) is 21.8 Å². The van der Waals surface area contributed by atoms with Crippen molar-refractivity contribution in [2.75, 3.05) is 0 Å². The lowest BCUT2D eigenvalue weighted by atomic mass is 10.2. The fraction of sp³-hybridized carbons (Fsp3) is 0.357. The van der Waals surface area contributed by atoms with Crippen LogP contribution >= 0.6 is 0 Å². The third-order valence-electron chi connectivity index (χ3n) is 2.49. The Kier molecular flexibility index (Phi) is 7.06. The van der Waals surface area contributed by atoms with Crippen LogP contribution in [0.2, 0.25) is 6.04 Å². The molecule has 0 aliphatic heterocycles. The second kappa shape index (κ2) is 8.66. The third-order valence-corrected chi connectivity index (χ3v) is 3.68. The molecule has 1 atom stereocenters. The summed E-state index contributed by atoms with van der Waals surface area (Å²) in [5.74, 6) is -0.352. The molecular formula is C14H20O3Si. The van der Waals surface area contributed by atoms with Crippen LogP contribution < -0.4 is 0 Å². The van der Waals surface area contributed by atoms with Gasteiger partial charge < -0.3 is 9.16 Å². The van der Waals surface area contributed by atoms with E-state index in [-0.39, 0.29) is 12.1 Å². The van der Waals surface area contributed by atoms with E-state index in [1.807, 2.05) is 25.1 Å². The van der Waals surface area contributed by atoms with Crippen LogP contribution in [0.5, 0.6) is 0 Å². The molecule has 1 unspecified atom stereocenters. The van der Waals surface area contributed by atoms with Crippen molar-refractivity contribution in [1.29, 1.82) is 0 Å². The summed E-state index contributed by atoms with van der Waals surface area (Å²) in [5, 5.41) is 0. The molecule has 0 aromatic heterocycles. The van der Waals surface area contributed by atoms with E-state index in [4.69, 9.17) is 9.16 Å². The minimum atomic E-state index is -0.533. The van der Waals surface area contributed by atoms with Crippen LogP contribution in [0.3, 0.4) is 0 Å². The van der Waals surface area contributed by atoms with E-state index in [1.54, 1.807) is 0 Å². The van der Waals surface area contributed by atoms with Crippen molar-refractivity contribution in [3.05, 3.63) is 48.6 Å². The van der Waals surface area contributed by atoms with Crippen molar-refractivity contribution < 1.29 is 14.0 Å². The minimum Gasteiger partial charge on any atom is -0.460 e. The molecule has 18 heavy (non-hydrogen) atoms. The number of carbonyl (C=O) groups excluding carboxylic acids is 1. The average Bonchev–Trinajstić information content (AvgIpc) is 2.39. The van der Waals surface area contributed by atoms with Gasteiger partial charge in [0.1, 0.15) is 0 Å². The molecule has 1 aromatic carbocycles. The maximum Gasteiger partial charge on any atom is 0.330 e. The summed E-state index contributed by atoms with van der Waals surface area (Å²) in [5.41, 5.74) is 1.20. The first kappa shape index (κ1) is 14.7. The molecule has 0 heterocycles. The van der Waals surface area contributed by atoms with Gasteiger partial charge in [0.05, 0.1) is 12.7 Å². The summed E-state index contributed by atoms with van der Waals surface area (Å²) in [6.07, 6.45) is 2.00. The molecule has 1 aromatic rings. The van der Waals surface area contributed by atoms with E-state index >= 15 is 0 Å². The summed E-state index contributed by atoms with van der Waals surface area (Å²) in [7, 11) is -0.533. The summed E-state index contributed by atoms with van der Waals surface area (Å²) in [4.78, 5) is 10.9. The fourth-order valence-electron chi connectivity index (χ4n) is 1.54. The van der Waals surface area contributed by atoms with Gasteiger partial charge in [0.15, 0.2) is 9.76 Å². The Balaban J connectivity index is 2.05. The number of carbonyl (C=O) groups is 1. The van der Waals surface area contributed by atoms with Crippen LogP contribution in [0.4, 0.5) is 0 Å². The van der Waals surface area contributed by atoms with Crippen molar-refractivity contribution >= 4 is 15.7 Å². The second-order valence-electron chi connectivity index (χ2n) is 4.13. The lowest BCUT2D eigenvalue weighted by molar-refractivity contribution is -0.142. The number of esters is 1. The molecule has 0 saturated carbocycles. The Hall–Kier alpha value is -1.39. The normalized spacial score (nSPS) is 12.5. The third kappa shape index (κ3) is 6.37. The lowest BCUT2D eigenvalue weighted by Crippen LogP contribution is -2.13. The molecular weight excluding hydrogens is 244 g/mol. The van der Waals surface area contributed by atoms with Crippen molar-refractivity contribution in [2.24, 2.45) is 0 Å². The van der Waals surface area contributed by atoms with Crippen LogP contribution in [0.15, 0.2) is 43.0 Å². The monoisotopic (exact) mass is 264 g/mol. The van der Waals surface area contributed by atoms with Gasteiger partial charge in [0.25, 0.3) is 0 Å². The minimum absolute atomic E-state index is 0.0525. The first-order chi connectivity index (χ1) is 8.72. The lowest BCUT2D eigenvalue weighted by Gasteiger charge is -2.11. The van der Waals surface area contributed by atoms with Crippen LogP contribution in [0.25, 0.3) is 0 Å². The predicted octanol–water partition coefficient (Wildman–Crippen LogP) is 2.21. The van der Waals surface area contributed by atoms with Gasteiger partial charge in [-0.15, -0.1) is 0 Å². The Morgan fingerprint density at radius 2 is 2.17 bits per heavy atom. The Morgan fingerprint density at radius 3 is 2.83 bits per heavy atom. The van der Waals surface area contributed by atoms with Gasteiger partial charge in [0, 0.05) is 6.08 Å². The van der Waals surface area contributed by atoms with Gasteiger partial charge in [-0.3, -0.25) is 0 Å². The van der Waals surface area contributed by atoms with Gasteiger partial charge in [-0.05, 0) is 25.0 Å². The number of hydrogen-bond acceptors (Lipinski definition) is 3. The van der Waals surface area contributed by atoms with Crippen molar-refractivity contribution in [1.82, 2.24) is 0 Å². The molecule has 0 aliphatic carbocycles. The smallest absolute Gasteiger partial charge is 0.330 e. The molecule has 4 heteroatoms. The predicted molar refractivity (Wildman–Crippen MR) is 75.0 cm³/mol. The summed E-state index contributed by atoms with van der Waals surface area (Å²) in [6.45, 7) is 5.95. The Bertz CT molecular complexity index is 365. The number of hydrogen-bond donors (Lipinski definition) is 0. The standard InChI is InChI=1S/C14H20O3Si/c1-3-14(15)17-12(2)9-10-18-16-11-13-7-5-4-6-8-13/h3-8,12H,1,9-11,18H2,2H3. The highest BCUT2D eigenvalue weighted by Gasteiger charge is 2.06. The van der Waals surface area contributed by atoms with E-state index in [0.717, 1.165) is 12.5 Å². The molecule has 98 valence electrons. The van der Waals surface area contributed by atoms with Gasteiger partial charge in [-0.1, -0.05) is 36.9 Å². The zero-order valence-electron chi connectivity index (χ0n) is 10.8. The van der Waals surface area contributed by atoms with E-state index in [1.165, 1.54) is 11.6 Å². The molecule has 3 nitrogen and oxygen atoms in total. The molecule has 0 N–H and O–H groups in total. The number of ether oxygens (including phenoxy) is 1. The van der Waals surface area contributed by atoms with Gasteiger partial charge in [0.2, 0.25) is 0 Å². The van der Waals surface area contributed by atoms with Gasteiger partial charge in [-0.25, -0.2) is 4.79 Å².